The molecule has 0 atom stereocenters. The third kappa shape index (κ3) is 2.98. The Morgan fingerprint density at radius 2 is 2.06 bits per heavy atom. The molecule has 0 N–H and O–H groups in total. The van der Waals surface area contributed by atoms with Gasteiger partial charge in [-0.15, -0.1) is 0 Å². The van der Waals surface area contributed by atoms with E-state index in [-0.39, 0.29) is 0 Å². The van der Waals surface area contributed by atoms with Crippen LogP contribution in [0, 0.1) is 11.3 Å². The summed E-state index contributed by atoms with van der Waals surface area (Å²) >= 11 is 0. The number of aromatic nitrogens is 2. The molecule has 0 aliphatic heterocycles. The van der Waals surface area contributed by atoms with Crippen LogP contribution >= 0.6 is 0 Å². The number of unbranched alkanes of at least 4 members (excludes halogenated alkanes) is 1. The van der Waals surface area contributed by atoms with Crippen molar-refractivity contribution in [1.82, 2.24) is 9.55 Å². The van der Waals surface area contributed by atoms with Gasteiger partial charge in [-0.1, -0.05) is 25.5 Å². The molecule has 0 aliphatic rings. The van der Waals surface area contributed by atoms with Crippen LogP contribution in [0.2, 0.25) is 0 Å². The van der Waals surface area contributed by atoms with Crippen molar-refractivity contribution in [2.45, 2.75) is 32.7 Å². The molecule has 1 aromatic carbocycles. The van der Waals surface area contributed by atoms with Gasteiger partial charge in [-0.05, 0) is 24.1 Å². The van der Waals surface area contributed by atoms with Gasteiger partial charge in [0.2, 0.25) is 0 Å². The molecule has 0 saturated heterocycles. The van der Waals surface area contributed by atoms with Gasteiger partial charge in [0.15, 0.2) is 0 Å². The first-order valence-electron chi connectivity index (χ1n) is 6.32. The Hall–Kier alpha value is -2.08. The first kappa shape index (κ1) is 12.4. The normalized spacial score (nSPS) is 10.2. The van der Waals surface area contributed by atoms with Gasteiger partial charge in [0.05, 0.1) is 11.6 Å². The standard InChI is InChI=1S/C15H17N3/c1-2-3-4-15-17-9-10-18(15)12-14-7-5-13(11-16)6-8-14/h5-10H,2-4,12H2,1H3. The highest BCUT2D eigenvalue weighted by atomic mass is 15.1. The zero-order valence-electron chi connectivity index (χ0n) is 10.6. The van der Waals surface area contributed by atoms with Crippen LogP contribution in [-0.2, 0) is 13.0 Å². The molecule has 1 aromatic heterocycles. The molecule has 0 saturated carbocycles. The molecule has 92 valence electrons. The number of aryl methyl sites for hydroxylation is 1. The second-order valence-electron chi connectivity index (χ2n) is 4.38. The van der Waals surface area contributed by atoms with Gasteiger partial charge < -0.3 is 4.57 Å². The van der Waals surface area contributed by atoms with Gasteiger partial charge in [-0.25, -0.2) is 4.98 Å². The predicted octanol–water partition coefficient (Wildman–Crippen LogP) is 3.15. The van der Waals surface area contributed by atoms with E-state index in [2.05, 4.69) is 22.5 Å². The Labute approximate surface area is 108 Å². The number of benzene rings is 1. The Morgan fingerprint density at radius 1 is 1.28 bits per heavy atom. The van der Waals surface area contributed by atoms with Crippen molar-refractivity contribution in [3.8, 4) is 6.07 Å². The maximum absolute atomic E-state index is 8.76. The molecule has 0 amide bonds. The first-order valence-corrected chi connectivity index (χ1v) is 6.32. The Balaban J connectivity index is 2.08. The lowest BCUT2D eigenvalue weighted by Crippen LogP contribution is -2.04. The number of rotatable bonds is 5. The fraction of sp³-hybridized carbons (Fsp3) is 0.333. The predicted molar refractivity (Wildman–Crippen MR) is 71.1 cm³/mol. The second-order valence-corrected chi connectivity index (χ2v) is 4.38. The van der Waals surface area contributed by atoms with Gasteiger partial charge in [0.25, 0.3) is 0 Å². The van der Waals surface area contributed by atoms with Crippen molar-refractivity contribution in [3.05, 3.63) is 53.6 Å². The third-order valence-electron chi connectivity index (χ3n) is 2.99. The Bertz CT molecular complexity index is 532. The third-order valence-corrected chi connectivity index (χ3v) is 2.99. The van der Waals surface area contributed by atoms with Gasteiger partial charge in [0, 0.05) is 25.4 Å². The maximum atomic E-state index is 8.76. The molecule has 2 rings (SSSR count). The van der Waals surface area contributed by atoms with E-state index in [9.17, 15) is 0 Å². The largest absolute Gasteiger partial charge is 0.331 e. The van der Waals surface area contributed by atoms with Crippen LogP contribution in [0.5, 0.6) is 0 Å². The van der Waals surface area contributed by atoms with Gasteiger partial charge in [0.1, 0.15) is 5.82 Å². The van der Waals surface area contributed by atoms with Crippen LogP contribution < -0.4 is 0 Å². The van der Waals surface area contributed by atoms with Crippen molar-refractivity contribution < 1.29 is 0 Å². The zero-order valence-corrected chi connectivity index (χ0v) is 10.6. The quantitative estimate of drug-likeness (QED) is 0.804. The van der Waals surface area contributed by atoms with E-state index in [1.807, 2.05) is 36.7 Å². The SMILES string of the molecule is CCCCc1nccn1Cc1ccc(C#N)cc1. The van der Waals surface area contributed by atoms with Gasteiger partial charge >= 0.3 is 0 Å². The van der Waals surface area contributed by atoms with Crippen molar-refractivity contribution in [2.24, 2.45) is 0 Å². The van der Waals surface area contributed by atoms with Gasteiger partial charge in [-0.2, -0.15) is 5.26 Å². The minimum atomic E-state index is 0.704. The van der Waals surface area contributed by atoms with Crippen molar-refractivity contribution in [1.29, 1.82) is 5.26 Å². The second kappa shape index (κ2) is 6.02. The molecule has 0 aliphatic carbocycles. The van der Waals surface area contributed by atoms with Crippen LogP contribution in [0.1, 0.15) is 36.7 Å². The summed E-state index contributed by atoms with van der Waals surface area (Å²) in [7, 11) is 0. The summed E-state index contributed by atoms with van der Waals surface area (Å²) in [5.41, 5.74) is 1.90. The smallest absolute Gasteiger partial charge is 0.108 e. The van der Waals surface area contributed by atoms with Crippen LogP contribution in [0.15, 0.2) is 36.7 Å². The summed E-state index contributed by atoms with van der Waals surface area (Å²) in [4.78, 5) is 4.39. The lowest BCUT2D eigenvalue weighted by atomic mass is 10.1. The number of hydrogen-bond donors (Lipinski definition) is 0. The molecule has 1 heterocycles. The number of nitriles is 1. The highest BCUT2D eigenvalue weighted by Crippen LogP contribution is 2.09. The number of nitrogens with zero attached hydrogens (tertiary/aromatic N) is 3. The highest BCUT2D eigenvalue weighted by molar-refractivity contribution is 5.31. The van der Waals surface area contributed by atoms with E-state index >= 15 is 0 Å². The molecule has 0 fully saturated rings. The molecular formula is C15H17N3. The van der Waals surface area contributed by atoms with Gasteiger partial charge in [-0.3, -0.25) is 0 Å². The Kier molecular flexibility index (Phi) is 4.14. The van der Waals surface area contributed by atoms with Crippen LogP contribution in [0.4, 0.5) is 0 Å². The fourth-order valence-corrected chi connectivity index (χ4v) is 1.93. The fourth-order valence-electron chi connectivity index (χ4n) is 1.93. The minimum absolute atomic E-state index is 0.704. The van der Waals surface area contributed by atoms with E-state index in [0.717, 1.165) is 18.8 Å². The summed E-state index contributed by atoms with van der Waals surface area (Å²) in [6, 6.07) is 9.86. The average molecular weight is 239 g/mol. The van der Waals surface area contributed by atoms with Crippen molar-refractivity contribution in [3.63, 3.8) is 0 Å². The van der Waals surface area contributed by atoms with Crippen LogP contribution in [0.3, 0.4) is 0 Å². The number of imidazole rings is 1. The Morgan fingerprint density at radius 3 is 2.72 bits per heavy atom. The summed E-state index contributed by atoms with van der Waals surface area (Å²) in [6.45, 7) is 3.01. The molecule has 0 unspecified atom stereocenters. The molecule has 0 bridgehead atoms. The molecule has 3 heteroatoms. The summed E-state index contributed by atoms with van der Waals surface area (Å²) < 4.78 is 2.18. The summed E-state index contributed by atoms with van der Waals surface area (Å²) in [5.74, 6) is 1.14. The summed E-state index contributed by atoms with van der Waals surface area (Å²) in [5, 5.41) is 8.76. The average Bonchev–Trinajstić information content (AvgIpc) is 2.84. The minimum Gasteiger partial charge on any atom is -0.331 e. The van der Waals surface area contributed by atoms with E-state index in [0.29, 0.717) is 5.56 Å². The van der Waals surface area contributed by atoms with E-state index < -0.39 is 0 Å². The molecule has 3 nitrogen and oxygen atoms in total. The monoisotopic (exact) mass is 239 g/mol. The zero-order chi connectivity index (χ0) is 12.8. The lowest BCUT2D eigenvalue weighted by molar-refractivity contribution is 0.678. The van der Waals surface area contributed by atoms with Crippen LogP contribution in [-0.4, -0.2) is 9.55 Å². The number of hydrogen-bond acceptors (Lipinski definition) is 2. The first-order chi connectivity index (χ1) is 8.83. The molecule has 0 radical (unpaired) electrons. The lowest BCUT2D eigenvalue weighted by Gasteiger charge is -2.07. The van der Waals surface area contributed by atoms with E-state index in [1.54, 1.807) is 0 Å². The topological polar surface area (TPSA) is 41.6 Å². The molecule has 0 spiro atoms. The molecule has 2 aromatic rings. The van der Waals surface area contributed by atoms with Crippen molar-refractivity contribution >= 4 is 0 Å². The van der Waals surface area contributed by atoms with Crippen molar-refractivity contribution in [2.75, 3.05) is 0 Å². The highest BCUT2D eigenvalue weighted by Gasteiger charge is 2.03. The molecule has 18 heavy (non-hydrogen) atoms. The van der Waals surface area contributed by atoms with E-state index in [4.69, 9.17) is 5.26 Å². The maximum Gasteiger partial charge on any atom is 0.108 e. The van der Waals surface area contributed by atoms with Crippen LogP contribution in [0.25, 0.3) is 0 Å². The summed E-state index contributed by atoms with van der Waals surface area (Å²) in [6.07, 6.45) is 7.26. The van der Waals surface area contributed by atoms with E-state index in [1.165, 1.54) is 18.4 Å². The molecular weight excluding hydrogens is 222 g/mol.